The molecule has 0 atom stereocenters. The number of hydrogen-bond acceptors (Lipinski definition) is 7. The first-order valence-corrected chi connectivity index (χ1v) is 4.66. The molecule has 0 unspecified atom stereocenters. The Balaban J connectivity index is 3.03. The number of rotatable bonds is 2. The molecule has 1 aliphatic rings. The van der Waals surface area contributed by atoms with Gasteiger partial charge in [0.15, 0.2) is 0 Å². The molecule has 0 aromatic heterocycles. The molecule has 1 aliphatic heterocycles. The van der Waals surface area contributed by atoms with Gasteiger partial charge in [-0.1, -0.05) is 6.08 Å². The lowest BCUT2D eigenvalue weighted by Crippen LogP contribution is -2.34. The van der Waals surface area contributed by atoms with E-state index in [0.717, 1.165) is 6.07 Å². The van der Waals surface area contributed by atoms with E-state index in [4.69, 9.17) is 0 Å². The summed E-state index contributed by atoms with van der Waals surface area (Å²) in [5.41, 5.74) is 0.742. The van der Waals surface area contributed by atoms with Gasteiger partial charge in [-0.2, -0.15) is 0 Å². The Labute approximate surface area is 98.2 Å². The van der Waals surface area contributed by atoms with Crippen LogP contribution >= 0.6 is 0 Å². The van der Waals surface area contributed by atoms with E-state index < -0.39 is 21.2 Å². The van der Waals surface area contributed by atoms with Gasteiger partial charge in [0.1, 0.15) is 5.22 Å². The SMILES string of the molecule is C/C=c1\c([N+](=O)[O-])cc([N+](=O)[O-])c2c1=[N+]([O-])ON2. The van der Waals surface area contributed by atoms with Crippen LogP contribution in [0.2, 0.25) is 0 Å². The van der Waals surface area contributed by atoms with Crippen LogP contribution in [-0.4, -0.2) is 9.85 Å². The Bertz CT molecular complexity index is 682. The summed E-state index contributed by atoms with van der Waals surface area (Å²) >= 11 is 0. The van der Waals surface area contributed by atoms with Gasteiger partial charge in [-0.15, -0.1) is 0 Å². The average Bonchev–Trinajstić information content (AvgIpc) is 2.69. The van der Waals surface area contributed by atoms with Gasteiger partial charge >= 0.3 is 11.0 Å². The van der Waals surface area contributed by atoms with Crippen LogP contribution in [0.5, 0.6) is 0 Å². The predicted octanol–water partition coefficient (Wildman–Crippen LogP) is -0.436. The van der Waals surface area contributed by atoms with Crippen LogP contribution in [-0.2, 0) is 4.94 Å². The van der Waals surface area contributed by atoms with Crippen LogP contribution in [0.25, 0.3) is 6.08 Å². The van der Waals surface area contributed by atoms with E-state index in [-0.39, 0.29) is 21.2 Å². The molecule has 94 valence electrons. The fourth-order valence-electron chi connectivity index (χ4n) is 1.66. The lowest BCUT2D eigenvalue weighted by Gasteiger charge is -1.98. The van der Waals surface area contributed by atoms with Crippen molar-refractivity contribution in [1.29, 1.82) is 0 Å². The summed E-state index contributed by atoms with van der Waals surface area (Å²) in [6.45, 7) is 1.47. The van der Waals surface area contributed by atoms with E-state index >= 15 is 0 Å². The molecular formula is C8H6N4O6. The van der Waals surface area contributed by atoms with E-state index in [1.165, 1.54) is 13.0 Å². The highest BCUT2D eigenvalue weighted by atomic mass is 16.9. The predicted molar refractivity (Wildman–Crippen MR) is 58.5 cm³/mol. The number of benzene rings is 1. The molecule has 0 saturated heterocycles. The summed E-state index contributed by atoms with van der Waals surface area (Å²) in [5.74, 6) is 0. The fourth-order valence-corrected chi connectivity index (χ4v) is 1.66. The summed E-state index contributed by atoms with van der Waals surface area (Å²) in [6.07, 6.45) is 1.31. The van der Waals surface area contributed by atoms with Gasteiger partial charge in [0, 0.05) is 0 Å². The van der Waals surface area contributed by atoms with Crippen molar-refractivity contribution in [2.24, 2.45) is 0 Å². The zero-order chi connectivity index (χ0) is 13.4. The lowest BCUT2D eigenvalue weighted by atomic mass is 10.2. The summed E-state index contributed by atoms with van der Waals surface area (Å²) in [6, 6.07) is 0.781. The molecule has 10 heteroatoms. The van der Waals surface area contributed by atoms with Crippen molar-refractivity contribution in [3.8, 4) is 0 Å². The topological polar surface area (TPSA) is 134 Å². The van der Waals surface area contributed by atoms with Crippen molar-refractivity contribution in [2.45, 2.75) is 6.92 Å². The molecule has 1 heterocycles. The minimum atomic E-state index is -0.833. The molecule has 0 bridgehead atoms. The van der Waals surface area contributed by atoms with Gasteiger partial charge in [-0.3, -0.25) is 30.4 Å². The fraction of sp³-hybridized carbons (Fsp3) is 0.125. The molecule has 1 aromatic rings. The molecule has 0 saturated carbocycles. The second kappa shape index (κ2) is 3.84. The molecular weight excluding hydrogens is 248 g/mol. The minimum Gasteiger partial charge on any atom is -0.295 e. The zero-order valence-electron chi connectivity index (χ0n) is 8.95. The average molecular weight is 254 g/mol. The minimum absolute atomic E-state index is 0.0370. The summed E-state index contributed by atoms with van der Waals surface area (Å²) in [4.78, 5) is 24.3. The Morgan fingerprint density at radius 1 is 1.33 bits per heavy atom. The Kier molecular flexibility index (Phi) is 2.47. The number of nitro groups is 2. The highest BCUT2D eigenvalue weighted by Crippen LogP contribution is 2.24. The highest BCUT2D eigenvalue weighted by molar-refractivity contribution is 5.66. The zero-order valence-corrected chi connectivity index (χ0v) is 8.95. The van der Waals surface area contributed by atoms with Crippen molar-refractivity contribution in [1.82, 2.24) is 4.90 Å². The second-order valence-corrected chi connectivity index (χ2v) is 3.31. The van der Waals surface area contributed by atoms with Crippen LogP contribution in [0.4, 0.5) is 17.1 Å². The third-order valence-corrected chi connectivity index (χ3v) is 2.39. The van der Waals surface area contributed by atoms with Crippen molar-refractivity contribution in [3.63, 3.8) is 0 Å². The summed E-state index contributed by atoms with van der Waals surface area (Å²) in [7, 11) is 0. The number of fused-ring (bicyclic) bond motifs is 1. The number of nitrogens with zero attached hydrogens (tertiary/aromatic N) is 3. The van der Waals surface area contributed by atoms with Crippen molar-refractivity contribution < 1.29 is 14.8 Å². The Morgan fingerprint density at radius 2 is 1.94 bits per heavy atom. The first-order valence-electron chi connectivity index (χ1n) is 4.66. The molecule has 0 radical (unpaired) electrons. The van der Waals surface area contributed by atoms with Gasteiger partial charge in [0.05, 0.1) is 20.8 Å². The third-order valence-electron chi connectivity index (χ3n) is 2.39. The number of nitro benzene ring substituents is 2. The molecule has 0 spiro atoms. The maximum atomic E-state index is 11.4. The highest BCUT2D eigenvalue weighted by Gasteiger charge is 2.32. The maximum absolute atomic E-state index is 11.4. The monoisotopic (exact) mass is 254 g/mol. The standard InChI is InChI=1S/C8H6N4O6/c1-2-4-5(10(13)14)3-6(11(15)16)7-8(4)12(17)18-9-7/h2-3,9H,1H3/b4-2+. The number of hydrogen-bond donors (Lipinski definition) is 1. The van der Waals surface area contributed by atoms with Crippen LogP contribution < -0.4 is 21.0 Å². The van der Waals surface area contributed by atoms with E-state index in [9.17, 15) is 25.4 Å². The largest absolute Gasteiger partial charge is 0.315 e. The number of anilines is 1. The van der Waals surface area contributed by atoms with Gasteiger partial charge in [0.2, 0.25) is 5.69 Å². The van der Waals surface area contributed by atoms with Crippen molar-refractivity contribution in [3.05, 3.63) is 42.1 Å². The molecule has 0 fully saturated rings. The van der Waals surface area contributed by atoms with Crippen molar-refractivity contribution in [2.75, 3.05) is 5.48 Å². The molecule has 0 amide bonds. The summed E-state index contributed by atoms with van der Waals surface area (Å²) < 4.78 is 0. The first-order chi connectivity index (χ1) is 8.47. The van der Waals surface area contributed by atoms with E-state index in [2.05, 4.69) is 10.4 Å². The van der Waals surface area contributed by atoms with Crippen LogP contribution in [0, 0.1) is 25.4 Å². The molecule has 0 aliphatic carbocycles. The Hall–Kier alpha value is -2.91. The molecule has 2 rings (SSSR count). The quantitative estimate of drug-likeness (QED) is 0.429. The van der Waals surface area contributed by atoms with Gasteiger partial charge in [0.25, 0.3) is 5.69 Å². The smallest absolute Gasteiger partial charge is 0.295 e. The number of nitrogens with one attached hydrogen (secondary N) is 1. The normalized spacial score (nSPS) is 13.8. The lowest BCUT2D eigenvalue weighted by molar-refractivity contribution is -0.394. The molecule has 18 heavy (non-hydrogen) atoms. The first kappa shape index (κ1) is 11.6. The number of non-ortho nitro benzene ring substituents is 1. The third kappa shape index (κ3) is 1.47. The molecule has 1 aromatic carbocycles. The van der Waals surface area contributed by atoms with Crippen LogP contribution in [0.1, 0.15) is 6.92 Å². The van der Waals surface area contributed by atoms with Crippen molar-refractivity contribution >= 4 is 23.1 Å². The van der Waals surface area contributed by atoms with E-state index in [1.54, 1.807) is 0 Å². The summed E-state index contributed by atoms with van der Waals surface area (Å²) in [5, 5.41) is 32.7. The Morgan fingerprint density at radius 3 is 2.44 bits per heavy atom. The van der Waals surface area contributed by atoms with E-state index in [0.29, 0.717) is 0 Å². The molecule has 1 N–H and O–H groups in total. The van der Waals surface area contributed by atoms with Crippen LogP contribution in [0.3, 0.4) is 0 Å². The van der Waals surface area contributed by atoms with E-state index in [1.807, 2.05) is 0 Å². The second-order valence-electron chi connectivity index (χ2n) is 3.31. The van der Waals surface area contributed by atoms with Gasteiger partial charge < -0.3 is 0 Å². The van der Waals surface area contributed by atoms with Crippen LogP contribution in [0.15, 0.2) is 6.07 Å². The van der Waals surface area contributed by atoms with Gasteiger partial charge in [-0.25, -0.2) is 5.48 Å². The molecule has 10 nitrogen and oxygen atoms in total. The van der Waals surface area contributed by atoms with Gasteiger partial charge in [-0.05, 0) is 6.92 Å². The maximum Gasteiger partial charge on any atom is 0.315 e.